The first kappa shape index (κ1) is 29.6. The third-order valence-corrected chi connectivity index (χ3v) is 8.64. The van der Waals surface area contributed by atoms with Crippen LogP contribution in [0.15, 0.2) is 36.4 Å². The maximum Gasteiger partial charge on any atom is 0.244 e. The molecule has 202 valence electrons. The van der Waals surface area contributed by atoms with Gasteiger partial charge in [-0.2, -0.15) is 0 Å². The van der Waals surface area contributed by atoms with E-state index in [4.69, 9.17) is 34.8 Å². The molecule has 2 aromatic carbocycles. The number of nitrogens with one attached hydrogen (secondary N) is 1. The fourth-order valence-electron chi connectivity index (χ4n) is 4.46. The van der Waals surface area contributed by atoms with E-state index in [9.17, 15) is 18.0 Å². The number of hydrogen-bond donors (Lipinski definition) is 1. The van der Waals surface area contributed by atoms with Crippen molar-refractivity contribution < 1.29 is 18.0 Å². The van der Waals surface area contributed by atoms with E-state index in [1.807, 2.05) is 31.2 Å². The Morgan fingerprint density at radius 1 is 1.03 bits per heavy atom. The fraction of sp³-hybridized carbons (Fsp3) is 0.462. The number of sulfonamides is 1. The Morgan fingerprint density at radius 3 is 2.30 bits per heavy atom. The van der Waals surface area contributed by atoms with E-state index >= 15 is 0 Å². The monoisotopic (exact) mass is 587 g/mol. The summed E-state index contributed by atoms with van der Waals surface area (Å²) in [6, 6.07) is 9.48. The number of hydrogen-bond acceptors (Lipinski definition) is 4. The van der Waals surface area contributed by atoms with Crippen LogP contribution in [0.4, 0.5) is 5.69 Å². The van der Waals surface area contributed by atoms with Crippen molar-refractivity contribution in [1.29, 1.82) is 0 Å². The first-order valence-corrected chi connectivity index (χ1v) is 15.1. The molecule has 2 aromatic rings. The molecule has 0 spiro atoms. The van der Waals surface area contributed by atoms with E-state index in [-0.39, 0.29) is 39.2 Å². The van der Waals surface area contributed by atoms with Gasteiger partial charge in [-0.25, -0.2) is 8.42 Å². The third-order valence-electron chi connectivity index (χ3n) is 6.49. The van der Waals surface area contributed by atoms with Crippen molar-refractivity contribution in [2.24, 2.45) is 0 Å². The highest BCUT2D eigenvalue weighted by Gasteiger charge is 2.32. The average molecular weight is 589 g/mol. The van der Waals surface area contributed by atoms with Gasteiger partial charge in [0.2, 0.25) is 21.8 Å². The maximum absolute atomic E-state index is 13.7. The third kappa shape index (κ3) is 7.99. The molecule has 2 amide bonds. The van der Waals surface area contributed by atoms with Crippen LogP contribution in [0.5, 0.6) is 0 Å². The summed E-state index contributed by atoms with van der Waals surface area (Å²) in [5, 5.41) is 3.35. The lowest BCUT2D eigenvalue weighted by molar-refractivity contribution is -0.139. The first-order chi connectivity index (χ1) is 17.4. The number of carbonyl (C=O) groups excluding carboxylic acids is 2. The molecule has 1 atom stereocenters. The number of rotatable bonds is 9. The van der Waals surface area contributed by atoms with Crippen LogP contribution < -0.4 is 9.62 Å². The smallest absolute Gasteiger partial charge is 0.244 e. The van der Waals surface area contributed by atoms with Gasteiger partial charge in [0.15, 0.2) is 0 Å². The Labute approximate surface area is 234 Å². The van der Waals surface area contributed by atoms with Gasteiger partial charge in [-0.3, -0.25) is 13.9 Å². The lowest BCUT2D eigenvalue weighted by atomic mass is 9.95. The summed E-state index contributed by atoms with van der Waals surface area (Å²) in [5.74, 6) is -0.827. The van der Waals surface area contributed by atoms with Crippen molar-refractivity contribution >= 4 is 62.3 Å². The molecule has 3 rings (SSSR count). The second-order valence-corrected chi connectivity index (χ2v) is 12.6. The number of benzene rings is 2. The molecule has 37 heavy (non-hydrogen) atoms. The van der Waals surface area contributed by atoms with Crippen LogP contribution in [-0.2, 0) is 26.2 Å². The molecular formula is C26H32Cl3N3O4S. The highest BCUT2D eigenvalue weighted by molar-refractivity contribution is 7.92. The number of amides is 2. The highest BCUT2D eigenvalue weighted by Crippen LogP contribution is 2.35. The molecule has 1 saturated carbocycles. The maximum atomic E-state index is 13.7. The van der Waals surface area contributed by atoms with Crippen LogP contribution in [0.25, 0.3) is 0 Å². The number of anilines is 1. The van der Waals surface area contributed by atoms with E-state index in [0.717, 1.165) is 53.8 Å². The van der Waals surface area contributed by atoms with Gasteiger partial charge in [-0.1, -0.05) is 83.9 Å². The van der Waals surface area contributed by atoms with Crippen molar-refractivity contribution in [3.8, 4) is 0 Å². The first-order valence-electron chi connectivity index (χ1n) is 12.1. The summed E-state index contributed by atoms with van der Waals surface area (Å²) in [6.45, 7) is 3.16. The molecule has 1 aliphatic carbocycles. The second-order valence-electron chi connectivity index (χ2n) is 9.52. The Morgan fingerprint density at radius 2 is 1.68 bits per heavy atom. The summed E-state index contributed by atoms with van der Waals surface area (Å²) >= 11 is 18.4. The molecule has 1 N–H and O–H groups in total. The van der Waals surface area contributed by atoms with Gasteiger partial charge in [0, 0.05) is 12.6 Å². The molecule has 1 fully saturated rings. The molecular weight excluding hydrogens is 557 g/mol. The number of aryl methyl sites for hydroxylation is 1. The van der Waals surface area contributed by atoms with Crippen molar-refractivity contribution in [3.05, 3.63) is 62.6 Å². The zero-order valence-corrected chi connectivity index (χ0v) is 24.2. The Balaban J connectivity index is 1.92. The predicted molar refractivity (Wildman–Crippen MR) is 150 cm³/mol. The minimum absolute atomic E-state index is 0.0287. The number of halogens is 3. The molecule has 0 aliphatic heterocycles. The van der Waals surface area contributed by atoms with Crippen LogP contribution in [-0.4, -0.2) is 50.0 Å². The van der Waals surface area contributed by atoms with Crippen molar-refractivity contribution in [1.82, 2.24) is 10.2 Å². The zero-order chi connectivity index (χ0) is 27.3. The Bertz CT molecular complexity index is 1250. The van der Waals surface area contributed by atoms with Gasteiger partial charge < -0.3 is 10.2 Å². The van der Waals surface area contributed by atoms with Crippen molar-refractivity contribution in [2.45, 2.75) is 64.6 Å². The molecule has 0 heterocycles. The normalized spacial score (nSPS) is 15.2. The van der Waals surface area contributed by atoms with Crippen LogP contribution in [0, 0.1) is 6.92 Å². The summed E-state index contributed by atoms with van der Waals surface area (Å²) in [7, 11) is -3.95. The van der Waals surface area contributed by atoms with Crippen LogP contribution >= 0.6 is 34.8 Å². The summed E-state index contributed by atoms with van der Waals surface area (Å²) < 4.78 is 26.4. The van der Waals surface area contributed by atoms with Gasteiger partial charge in [-0.15, -0.1) is 0 Å². The molecule has 0 radical (unpaired) electrons. The summed E-state index contributed by atoms with van der Waals surface area (Å²) in [4.78, 5) is 28.3. The molecule has 7 nitrogen and oxygen atoms in total. The highest BCUT2D eigenvalue weighted by atomic mass is 35.5. The van der Waals surface area contributed by atoms with E-state index in [2.05, 4.69) is 5.32 Å². The van der Waals surface area contributed by atoms with E-state index in [1.165, 1.54) is 17.0 Å². The predicted octanol–water partition coefficient (Wildman–Crippen LogP) is 5.59. The average Bonchev–Trinajstić information content (AvgIpc) is 2.83. The Hall–Kier alpha value is -2.00. The quantitative estimate of drug-likeness (QED) is 0.387. The van der Waals surface area contributed by atoms with E-state index in [1.54, 1.807) is 6.92 Å². The number of nitrogens with zero attached hydrogens (tertiary/aromatic N) is 2. The summed E-state index contributed by atoms with van der Waals surface area (Å²) in [5.41, 5.74) is 1.86. The summed E-state index contributed by atoms with van der Waals surface area (Å²) in [6.07, 6.45) is 6.05. The minimum Gasteiger partial charge on any atom is -0.352 e. The molecule has 0 bridgehead atoms. The zero-order valence-electron chi connectivity index (χ0n) is 21.1. The topological polar surface area (TPSA) is 86.8 Å². The van der Waals surface area contributed by atoms with Crippen LogP contribution in [0.1, 0.15) is 50.2 Å². The van der Waals surface area contributed by atoms with Gasteiger partial charge in [0.05, 0.1) is 27.0 Å². The lowest BCUT2D eigenvalue weighted by Crippen LogP contribution is -2.53. The van der Waals surface area contributed by atoms with Crippen molar-refractivity contribution in [2.75, 3.05) is 17.1 Å². The molecule has 0 aromatic heterocycles. The standard InChI is InChI=1S/C26H32Cl3N3O4S/c1-17-8-7-9-19(12-17)15-31(18(2)26(34)30-20-10-5-4-6-11-20)25(33)16-32(37(3,35)36)24-14-22(28)21(27)13-23(24)29/h7-9,12-14,18,20H,4-6,10-11,15-16H2,1-3H3,(H,30,34). The van der Waals surface area contributed by atoms with E-state index in [0.29, 0.717) is 0 Å². The van der Waals surface area contributed by atoms with Crippen LogP contribution in [0.3, 0.4) is 0 Å². The van der Waals surface area contributed by atoms with Gasteiger partial charge in [0.1, 0.15) is 12.6 Å². The van der Waals surface area contributed by atoms with Crippen molar-refractivity contribution in [3.63, 3.8) is 0 Å². The van der Waals surface area contributed by atoms with Crippen LogP contribution in [0.2, 0.25) is 15.1 Å². The van der Waals surface area contributed by atoms with Gasteiger partial charge in [0.25, 0.3) is 0 Å². The van der Waals surface area contributed by atoms with Gasteiger partial charge >= 0.3 is 0 Å². The Kier molecular flexibility index (Phi) is 10.1. The molecule has 0 saturated heterocycles. The lowest BCUT2D eigenvalue weighted by Gasteiger charge is -2.33. The van der Waals surface area contributed by atoms with Gasteiger partial charge in [-0.05, 0) is 44.4 Å². The molecule has 1 unspecified atom stereocenters. The van der Waals surface area contributed by atoms with E-state index < -0.39 is 28.5 Å². The minimum atomic E-state index is -3.95. The molecule has 11 heteroatoms. The fourth-order valence-corrected chi connectivity index (χ4v) is 6.00. The SMILES string of the molecule is Cc1cccc(CN(C(=O)CN(c2cc(Cl)c(Cl)cc2Cl)S(C)(=O)=O)C(C)C(=O)NC2CCCCC2)c1. The molecule has 1 aliphatic rings. The second kappa shape index (κ2) is 12.7. The number of carbonyl (C=O) groups is 2. The largest absolute Gasteiger partial charge is 0.352 e.